The van der Waals surface area contributed by atoms with E-state index in [0.717, 1.165) is 36.1 Å². The molecule has 3 rings (SSSR count). The summed E-state index contributed by atoms with van der Waals surface area (Å²) in [6.07, 6.45) is 4.21. The number of fused-ring (bicyclic) bond motifs is 1. The second-order valence-corrected chi connectivity index (χ2v) is 8.25. The van der Waals surface area contributed by atoms with Crippen LogP contribution in [-0.4, -0.2) is 32.7 Å². The molecular weight excluding hydrogens is 396 g/mol. The Kier molecular flexibility index (Phi) is 6.31. The van der Waals surface area contributed by atoms with Gasteiger partial charge < -0.3 is 20.2 Å². The van der Waals surface area contributed by atoms with Gasteiger partial charge in [-0.05, 0) is 56.4 Å². The minimum Gasteiger partial charge on any atom is -0.459 e. The molecule has 0 saturated carbocycles. The molecule has 0 aliphatic heterocycles. The summed E-state index contributed by atoms with van der Waals surface area (Å²) < 4.78 is 6.80. The smallest absolute Gasteiger partial charge is 0.390 e. The van der Waals surface area contributed by atoms with Gasteiger partial charge in [0, 0.05) is 4.88 Å². The maximum Gasteiger partial charge on any atom is 0.390 e. The van der Waals surface area contributed by atoms with Crippen LogP contribution in [0.5, 0.6) is 0 Å². The van der Waals surface area contributed by atoms with Crippen molar-refractivity contribution in [1.82, 2.24) is 9.78 Å². The molecule has 1 amide bonds. The summed E-state index contributed by atoms with van der Waals surface area (Å²) in [5.41, 5.74) is 1.92. The van der Waals surface area contributed by atoms with E-state index in [4.69, 9.17) is 4.74 Å². The summed E-state index contributed by atoms with van der Waals surface area (Å²) in [6, 6.07) is 1.31. The van der Waals surface area contributed by atoms with Crippen LogP contribution in [-0.2, 0) is 28.9 Å². The fourth-order valence-corrected chi connectivity index (χ4v) is 4.53. The molecule has 0 bridgehead atoms. The van der Waals surface area contributed by atoms with E-state index in [2.05, 4.69) is 10.4 Å². The molecule has 29 heavy (non-hydrogen) atoms. The monoisotopic (exact) mass is 420 g/mol. The quantitative estimate of drug-likeness (QED) is 0.415. The van der Waals surface area contributed by atoms with Gasteiger partial charge >= 0.3 is 11.8 Å². The molecule has 1 aliphatic rings. The number of carbonyl (C=O) groups is 2. The molecule has 9 nitrogen and oxygen atoms in total. The number of hydrogen-bond donors (Lipinski definition) is 1. The second kappa shape index (κ2) is 8.73. The van der Waals surface area contributed by atoms with Crippen LogP contribution in [0.3, 0.4) is 0 Å². The molecule has 0 aromatic carbocycles. The average molecular weight is 420 g/mol. The number of aryl methyl sites for hydroxylation is 2. The molecule has 10 heteroatoms. The lowest BCUT2D eigenvalue weighted by Gasteiger charge is -2.15. The highest BCUT2D eigenvalue weighted by Crippen LogP contribution is 2.38. The van der Waals surface area contributed by atoms with E-state index in [1.54, 1.807) is 6.92 Å². The van der Waals surface area contributed by atoms with Gasteiger partial charge in [-0.25, -0.2) is 4.79 Å². The number of hydrogen-bond acceptors (Lipinski definition) is 7. The fraction of sp³-hybridized carbons (Fsp3) is 0.526. The number of aromatic nitrogens is 2. The SMILES string of the molecule is CCC(C)OC(=O)c1c(NC(=O)Cn2nc([N+](=O)[O-])cc2C)sc2c1CCCC2. The van der Waals surface area contributed by atoms with Crippen LogP contribution < -0.4 is 5.32 Å². The summed E-state index contributed by atoms with van der Waals surface area (Å²) >= 11 is 1.41. The molecule has 1 aliphatic carbocycles. The highest BCUT2D eigenvalue weighted by Gasteiger charge is 2.28. The Morgan fingerprint density at radius 1 is 1.41 bits per heavy atom. The number of carbonyl (C=O) groups excluding carboxylic acids is 2. The molecule has 0 fully saturated rings. The third kappa shape index (κ3) is 4.64. The van der Waals surface area contributed by atoms with Crippen molar-refractivity contribution in [2.24, 2.45) is 0 Å². The number of thiophene rings is 1. The molecule has 0 spiro atoms. The number of ether oxygens (including phenoxy) is 1. The highest BCUT2D eigenvalue weighted by atomic mass is 32.1. The van der Waals surface area contributed by atoms with Crippen molar-refractivity contribution in [3.8, 4) is 0 Å². The molecule has 1 N–H and O–H groups in total. The zero-order valence-electron chi connectivity index (χ0n) is 16.7. The molecule has 2 heterocycles. The Morgan fingerprint density at radius 3 is 2.79 bits per heavy atom. The van der Waals surface area contributed by atoms with E-state index in [0.29, 0.717) is 22.7 Å². The van der Waals surface area contributed by atoms with Crippen molar-refractivity contribution in [3.63, 3.8) is 0 Å². The fourth-order valence-electron chi connectivity index (χ4n) is 3.24. The van der Waals surface area contributed by atoms with Gasteiger partial charge in [-0.15, -0.1) is 11.3 Å². The minimum absolute atomic E-state index is 0.178. The van der Waals surface area contributed by atoms with Crippen molar-refractivity contribution in [2.45, 2.75) is 65.5 Å². The normalized spacial score (nSPS) is 14.2. The van der Waals surface area contributed by atoms with Gasteiger partial charge in [0.1, 0.15) is 11.5 Å². The lowest BCUT2D eigenvalue weighted by molar-refractivity contribution is -0.389. The Labute approximate surface area is 172 Å². The molecule has 0 radical (unpaired) electrons. The third-order valence-corrected chi connectivity index (χ3v) is 6.17. The summed E-state index contributed by atoms with van der Waals surface area (Å²) in [7, 11) is 0. The van der Waals surface area contributed by atoms with E-state index >= 15 is 0 Å². The van der Waals surface area contributed by atoms with E-state index in [-0.39, 0.29) is 18.5 Å². The zero-order valence-corrected chi connectivity index (χ0v) is 17.5. The van der Waals surface area contributed by atoms with E-state index in [9.17, 15) is 19.7 Å². The Hall–Kier alpha value is -2.75. The lowest BCUT2D eigenvalue weighted by atomic mass is 9.95. The van der Waals surface area contributed by atoms with Crippen LogP contribution in [0.4, 0.5) is 10.8 Å². The molecular formula is C19H24N4O5S. The van der Waals surface area contributed by atoms with E-state index in [1.807, 2.05) is 13.8 Å². The number of rotatable bonds is 7. The van der Waals surface area contributed by atoms with Gasteiger partial charge in [0.2, 0.25) is 5.91 Å². The zero-order chi connectivity index (χ0) is 21.1. The number of nitrogens with zero attached hydrogens (tertiary/aromatic N) is 3. The van der Waals surface area contributed by atoms with E-state index in [1.165, 1.54) is 22.1 Å². The topological polar surface area (TPSA) is 116 Å². The van der Waals surface area contributed by atoms with Crippen LogP contribution in [0.15, 0.2) is 6.07 Å². The second-order valence-electron chi connectivity index (χ2n) is 7.15. The lowest BCUT2D eigenvalue weighted by Crippen LogP contribution is -2.22. The minimum atomic E-state index is -0.599. The predicted octanol–water partition coefficient (Wildman–Crippen LogP) is 3.63. The Balaban J connectivity index is 1.82. The standard InChI is InChI=1S/C19H24N4O5S/c1-4-12(3)28-19(25)17-13-7-5-6-8-14(13)29-18(17)20-16(24)10-22-11(2)9-15(21-22)23(26)27/h9,12H,4-8,10H2,1-3H3,(H,20,24). The first kappa shape index (κ1) is 21.0. The van der Waals surface area contributed by atoms with Gasteiger partial charge in [-0.1, -0.05) is 6.92 Å². The van der Waals surface area contributed by atoms with Gasteiger partial charge in [0.25, 0.3) is 0 Å². The summed E-state index contributed by atoms with van der Waals surface area (Å²) in [6.45, 7) is 5.24. The van der Waals surface area contributed by atoms with Crippen LogP contribution in [0.2, 0.25) is 0 Å². The first-order valence-electron chi connectivity index (χ1n) is 9.64. The van der Waals surface area contributed by atoms with Crippen LogP contribution >= 0.6 is 11.3 Å². The number of anilines is 1. The summed E-state index contributed by atoms with van der Waals surface area (Å²) in [5.74, 6) is -1.12. The molecule has 2 aromatic heterocycles. The summed E-state index contributed by atoms with van der Waals surface area (Å²) in [5, 5.41) is 18.0. The number of amides is 1. The van der Waals surface area contributed by atoms with Gasteiger partial charge in [-0.2, -0.15) is 4.68 Å². The van der Waals surface area contributed by atoms with Gasteiger partial charge in [-0.3, -0.25) is 4.79 Å². The maximum atomic E-state index is 12.8. The molecule has 0 saturated heterocycles. The maximum absolute atomic E-state index is 12.8. The van der Waals surface area contributed by atoms with Crippen molar-refractivity contribution in [1.29, 1.82) is 0 Å². The molecule has 2 aromatic rings. The van der Waals surface area contributed by atoms with Crippen molar-refractivity contribution < 1.29 is 19.2 Å². The number of nitrogens with one attached hydrogen (secondary N) is 1. The molecule has 1 atom stereocenters. The average Bonchev–Trinajstić information content (AvgIpc) is 3.21. The molecule has 1 unspecified atom stereocenters. The third-order valence-electron chi connectivity index (χ3n) is 4.96. The van der Waals surface area contributed by atoms with Gasteiger partial charge in [0.15, 0.2) is 0 Å². The van der Waals surface area contributed by atoms with Crippen molar-refractivity contribution in [3.05, 3.63) is 37.9 Å². The Bertz CT molecular complexity index is 949. The number of nitro groups is 1. The van der Waals surface area contributed by atoms with Crippen LogP contribution in [0.25, 0.3) is 0 Å². The van der Waals surface area contributed by atoms with Crippen molar-refractivity contribution in [2.75, 3.05) is 5.32 Å². The largest absolute Gasteiger partial charge is 0.459 e. The first-order chi connectivity index (χ1) is 13.8. The Morgan fingerprint density at radius 2 is 2.14 bits per heavy atom. The summed E-state index contributed by atoms with van der Waals surface area (Å²) in [4.78, 5) is 36.7. The first-order valence-corrected chi connectivity index (χ1v) is 10.5. The predicted molar refractivity (Wildman–Crippen MR) is 108 cm³/mol. The molecule has 156 valence electrons. The highest BCUT2D eigenvalue weighted by molar-refractivity contribution is 7.17. The van der Waals surface area contributed by atoms with Crippen LogP contribution in [0.1, 0.15) is 59.6 Å². The number of esters is 1. The van der Waals surface area contributed by atoms with Crippen molar-refractivity contribution >= 4 is 34.0 Å². The van der Waals surface area contributed by atoms with Gasteiger partial charge in [0.05, 0.1) is 28.5 Å². The van der Waals surface area contributed by atoms with Crippen LogP contribution in [0, 0.1) is 17.0 Å². The van der Waals surface area contributed by atoms with E-state index < -0.39 is 16.8 Å².